The fourth-order valence-electron chi connectivity index (χ4n) is 5.09. The first-order chi connectivity index (χ1) is 21.0. The number of hydrogen-bond donors (Lipinski definition) is 1. The van der Waals surface area contributed by atoms with Crippen LogP contribution in [0.15, 0.2) is 102 Å². The molecule has 0 saturated heterocycles. The molecule has 0 unspecified atom stereocenters. The van der Waals surface area contributed by atoms with Gasteiger partial charge < -0.3 is 10.2 Å². The third kappa shape index (κ3) is 8.27. The summed E-state index contributed by atoms with van der Waals surface area (Å²) in [5.41, 5.74) is 4.64. The molecule has 4 aromatic carbocycles. The van der Waals surface area contributed by atoms with Crippen molar-refractivity contribution < 1.29 is 18.0 Å². The molecule has 0 aliphatic heterocycles. The molecule has 9 heteroatoms. The smallest absolute Gasteiger partial charge is 0.264 e. The Hall–Kier alpha value is -4.14. The maximum atomic E-state index is 14.5. The number of aryl methyl sites for hydroxylation is 3. The number of carbonyl (C=O) groups excluding carboxylic acids is 2. The lowest BCUT2D eigenvalue weighted by molar-refractivity contribution is -0.140. The number of sulfonamides is 1. The van der Waals surface area contributed by atoms with Crippen LogP contribution >= 0.6 is 11.6 Å². The molecule has 0 spiro atoms. The third-order valence-electron chi connectivity index (χ3n) is 7.27. The lowest BCUT2D eigenvalue weighted by atomic mass is 10.0. The minimum atomic E-state index is -4.16. The molecule has 1 N–H and O–H groups in total. The number of nitrogens with one attached hydrogen (secondary N) is 1. The molecule has 0 aliphatic carbocycles. The maximum absolute atomic E-state index is 14.5. The Bertz CT molecular complexity index is 1670. The molecule has 2 amide bonds. The van der Waals surface area contributed by atoms with Gasteiger partial charge in [-0.2, -0.15) is 0 Å². The van der Waals surface area contributed by atoms with Gasteiger partial charge in [0, 0.05) is 24.5 Å². The Morgan fingerprint density at radius 2 is 1.41 bits per heavy atom. The van der Waals surface area contributed by atoms with E-state index in [9.17, 15) is 18.0 Å². The van der Waals surface area contributed by atoms with Gasteiger partial charge in [0.1, 0.15) is 12.6 Å². The lowest BCUT2D eigenvalue weighted by Crippen LogP contribution is -2.53. The van der Waals surface area contributed by atoms with E-state index in [1.807, 2.05) is 64.1 Å². The van der Waals surface area contributed by atoms with Crippen LogP contribution in [-0.4, -0.2) is 44.3 Å². The van der Waals surface area contributed by atoms with Crippen molar-refractivity contribution in [3.8, 4) is 0 Å². The van der Waals surface area contributed by atoms with Gasteiger partial charge in [-0.3, -0.25) is 13.9 Å². The third-order valence-corrected chi connectivity index (χ3v) is 9.31. The Morgan fingerprint density at radius 3 is 2.00 bits per heavy atom. The first-order valence-electron chi connectivity index (χ1n) is 14.5. The molecule has 0 fully saturated rings. The topological polar surface area (TPSA) is 86.8 Å². The van der Waals surface area contributed by atoms with Gasteiger partial charge >= 0.3 is 0 Å². The summed E-state index contributed by atoms with van der Waals surface area (Å²) in [7, 11) is -4.16. The number of anilines is 1. The Kier molecular flexibility index (Phi) is 10.8. The van der Waals surface area contributed by atoms with Crippen molar-refractivity contribution in [1.82, 2.24) is 10.2 Å². The summed E-state index contributed by atoms with van der Waals surface area (Å²) in [6, 6.07) is 27.6. The van der Waals surface area contributed by atoms with Crippen molar-refractivity contribution in [2.24, 2.45) is 0 Å². The number of rotatable bonds is 12. The molecule has 0 saturated carbocycles. The number of nitrogens with zero attached hydrogens (tertiary/aromatic N) is 2. The number of carbonyl (C=O) groups is 2. The quantitative estimate of drug-likeness (QED) is 0.201. The molecule has 1 atom stereocenters. The largest absolute Gasteiger partial charge is 0.355 e. The summed E-state index contributed by atoms with van der Waals surface area (Å²) < 4.78 is 29.5. The first-order valence-corrected chi connectivity index (χ1v) is 16.3. The van der Waals surface area contributed by atoms with Crippen LogP contribution in [0.2, 0.25) is 5.02 Å². The Morgan fingerprint density at radius 1 is 0.795 bits per heavy atom. The highest BCUT2D eigenvalue weighted by molar-refractivity contribution is 7.92. The van der Waals surface area contributed by atoms with Gasteiger partial charge in [0.25, 0.3) is 10.0 Å². The van der Waals surface area contributed by atoms with Gasteiger partial charge in [-0.25, -0.2) is 8.42 Å². The van der Waals surface area contributed by atoms with Crippen LogP contribution in [0.1, 0.15) is 34.7 Å². The molecule has 0 bridgehead atoms. The minimum Gasteiger partial charge on any atom is -0.355 e. The van der Waals surface area contributed by atoms with Crippen molar-refractivity contribution in [3.63, 3.8) is 0 Å². The zero-order chi connectivity index (χ0) is 31.9. The summed E-state index contributed by atoms with van der Waals surface area (Å²) in [5.74, 6) is -0.833. The highest BCUT2D eigenvalue weighted by atomic mass is 35.5. The highest BCUT2D eigenvalue weighted by Gasteiger charge is 2.34. The Labute approximate surface area is 265 Å². The SMILES string of the molecule is CCNC(=O)[C@H](Cc1ccccc1)N(Cc1ccc(Cl)cc1)C(=O)CN(c1cc(C)cc(C)c1)S(=O)(=O)c1ccc(C)cc1. The van der Waals surface area contributed by atoms with Gasteiger partial charge in [0.2, 0.25) is 11.8 Å². The van der Waals surface area contributed by atoms with E-state index in [0.717, 1.165) is 32.1 Å². The van der Waals surface area contributed by atoms with E-state index in [4.69, 9.17) is 11.6 Å². The second-order valence-corrected chi connectivity index (χ2v) is 13.2. The second kappa shape index (κ2) is 14.6. The zero-order valence-electron chi connectivity index (χ0n) is 25.5. The molecule has 230 valence electrons. The van der Waals surface area contributed by atoms with Crippen LogP contribution in [0.3, 0.4) is 0 Å². The predicted octanol–water partition coefficient (Wildman–Crippen LogP) is 6.24. The fourth-order valence-corrected chi connectivity index (χ4v) is 6.62. The fraction of sp³-hybridized carbons (Fsp3) is 0.257. The Balaban J connectivity index is 1.81. The molecule has 7 nitrogen and oxygen atoms in total. The number of halogens is 1. The summed E-state index contributed by atoms with van der Waals surface area (Å²) in [6.07, 6.45) is 0.250. The summed E-state index contributed by atoms with van der Waals surface area (Å²) in [5, 5.41) is 3.41. The number of amides is 2. The van der Waals surface area contributed by atoms with Gasteiger partial charge in [-0.05, 0) is 86.3 Å². The van der Waals surface area contributed by atoms with Crippen LogP contribution in [0.4, 0.5) is 5.69 Å². The number of likely N-dealkylation sites (N-methyl/N-ethyl adjacent to an activating group) is 1. The van der Waals surface area contributed by atoms with Crippen molar-refractivity contribution in [2.45, 2.75) is 51.6 Å². The van der Waals surface area contributed by atoms with E-state index in [1.165, 1.54) is 4.90 Å². The van der Waals surface area contributed by atoms with Crippen LogP contribution in [-0.2, 0) is 32.6 Å². The molecule has 4 rings (SSSR count). The van der Waals surface area contributed by atoms with E-state index in [0.29, 0.717) is 17.3 Å². The van der Waals surface area contributed by atoms with E-state index >= 15 is 0 Å². The monoisotopic (exact) mass is 631 g/mol. The lowest BCUT2D eigenvalue weighted by Gasteiger charge is -2.34. The van der Waals surface area contributed by atoms with Gasteiger partial charge in [0.05, 0.1) is 10.6 Å². The van der Waals surface area contributed by atoms with Gasteiger partial charge in [-0.15, -0.1) is 0 Å². The normalized spacial score (nSPS) is 11.9. The van der Waals surface area contributed by atoms with Crippen molar-refractivity contribution in [2.75, 3.05) is 17.4 Å². The molecule has 0 radical (unpaired) electrons. The minimum absolute atomic E-state index is 0.0730. The predicted molar refractivity (Wildman–Crippen MR) is 176 cm³/mol. The van der Waals surface area contributed by atoms with Crippen LogP contribution in [0, 0.1) is 20.8 Å². The number of benzene rings is 4. The van der Waals surface area contributed by atoms with Gasteiger partial charge in [-0.1, -0.05) is 77.8 Å². The van der Waals surface area contributed by atoms with E-state index in [1.54, 1.807) is 60.7 Å². The van der Waals surface area contributed by atoms with Crippen LogP contribution in [0.5, 0.6) is 0 Å². The van der Waals surface area contributed by atoms with E-state index in [2.05, 4.69) is 5.32 Å². The van der Waals surface area contributed by atoms with Crippen molar-refractivity contribution in [1.29, 1.82) is 0 Å². The molecular formula is C35H38ClN3O4S. The molecule has 0 heterocycles. The second-order valence-electron chi connectivity index (χ2n) is 10.9. The maximum Gasteiger partial charge on any atom is 0.264 e. The molecule has 4 aromatic rings. The van der Waals surface area contributed by atoms with Gasteiger partial charge in [0.15, 0.2) is 0 Å². The summed E-state index contributed by atoms with van der Waals surface area (Å²) >= 11 is 6.13. The molecule has 0 aliphatic rings. The molecular weight excluding hydrogens is 594 g/mol. The van der Waals surface area contributed by atoms with Crippen molar-refractivity contribution >= 4 is 39.1 Å². The van der Waals surface area contributed by atoms with Crippen LogP contribution < -0.4 is 9.62 Å². The van der Waals surface area contributed by atoms with Crippen LogP contribution in [0.25, 0.3) is 0 Å². The van der Waals surface area contributed by atoms with E-state index in [-0.39, 0.29) is 23.8 Å². The average Bonchev–Trinajstić information content (AvgIpc) is 2.98. The molecule has 44 heavy (non-hydrogen) atoms. The zero-order valence-corrected chi connectivity index (χ0v) is 27.0. The molecule has 0 aromatic heterocycles. The first kappa shape index (κ1) is 32.8. The standard InChI is InChI=1S/C35H38ClN3O4S/c1-5-37-35(41)33(22-28-9-7-6-8-10-28)38(23-29-13-15-30(36)16-14-29)34(40)24-39(31-20-26(3)19-27(4)21-31)44(42,43)32-17-11-25(2)12-18-32/h6-21,33H,5,22-24H2,1-4H3,(H,37,41)/t33-/m0/s1. The average molecular weight is 632 g/mol. The summed E-state index contributed by atoms with van der Waals surface area (Å²) in [6.45, 7) is 7.42. The highest BCUT2D eigenvalue weighted by Crippen LogP contribution is 2.27. The summed E-state index contributed by atoms with van der Waals surface area (Å²) in [4.78, 5) is 29.6. The van der Waals surface area contributed by atoms with Crippen molar-refractivity contribution in [3.05, 3.63) is 130 Å². The van der Waals surface area contributed by atoms with E-state index < -0.39 is 28.5 Å². The number of hydrogen-bond acceptors (Lipinski definition) is 4.